The summed E-state index contributed by atoms with van der Waals surface area (Å²) >= 11 is 1.51. The molecule has 1 aromatic carbocycles. The van der Waals surface area contributed by atoms with Gasteiger partial charge in [0, 0.05) is 108 Å². The first kappa shape index (κ1) is 107. The number of benzene rings is 1. The average molecular weight is 1850 g/mol. The molecular formula is C95H144N12O23S. The van der Waals surface area contributed by atoms with Gasteiger partial charge in [-0.15, -0.1) is 5.10 Å². The van der Waals surface area contributed by atoms with Crippen LogP contribution in [0.15, 0.2) is 89.4 Å². The summed E-state index contributed by atoms with van der Waals surface area (Å²) < 4.78 is 85.4. The molecule has 3 amide bonds. The number of aliphatic imine (C=N–C) groups is 1. The molecule has 15 atom stereocenters. The van der Waals surface area contributed by atoms with Gasteiger partial charge in [-0.25, -0.2) is 24.1 Å². The molecule has 3 aromatic heterocycles. The first-order valence-corrected chi connectivity index (χ1v) is 47.8. The molecule has 9 rings (SSSR count). The van der Waals surface area contributed by atoms with Gasteiger partial charge in [0.15, 0.2) is 16.6 Å². The number of aromatic nitrogens is 7. The van der Waals surface area contributed by atoms with Gasteiger partial charge in [0.1, 0.15) is 48.0 Å². The Morgan fingerprint density at radius 3 is 2.10 bits per heavy atom. The van der Waals surface area contributed by atoms with Gasteiger partial charge in [-0.2, -0.15) is 5.10 Å². The fourth-order valence-corrected chi connectivity index (χ4v) is 17.7. The first-order chi connectivity index (χ1) is 63.4. The lowest BCUT2D eigenvalue weighted by Crippen LogP contribution is -2.61. The number of hydrogen-bond acceptors (Lipinski definition) is 31. The normalized spacial score (nSPS) is 26.5. The van der Waals surface area contributed by atoms with E-state index >= 15 is 0 Å². The van der Waals surface area contributed by atoms with Crippen molar-refractivity contribution in [2.45, 2.75) is 232 Å². The van der Waals surface area contributed by atoms with E-state index in [1.54, 1.807) is 68.6 Å². The van der Waals surface area contributed by atoms with Gasteiger partial charge in [-0.05, 0) is 151 Å². The quantitative estimate of drug-likeness (QED) is 0.0119. The van der Waals surface area contributed by atoms with Crippen molar-refractivity contribution in [2.24, 2.45) is 40.5 Å². The number of nitrogen functional groups attached to an aromatic ring is 1. The minimum atomic E-state index is -2.46. The highest BCUT2D eigenvalue weighted by Crippen LogP contribution is 2.39. The van der Waals surface area contributed by atoms with Crippen LogP contribution >= 0.6 is 11.8 Å². The Kier molecular flexibility index (Phi) is 46.9. The van der Waals surface area contributed by atoms with E-state index in [9.17, 15) is 43.8 Å². The number of piperidine rings is 1. The molecule has 131 heavy (non-hydrogen) atoms. The summed E-state index contributed by atoms with van der Waals surface area (Å²) in [5.41, 5.74) is 10.8. The second-order valence-electron chi connectivity index (χ2n) is 34.7. The van der Waals surface area contributed by atoms with Crippen molar-refractivity contribution in [3.05, 3.63) is 95.6 Å². The minimum Gasteiger partial charge on any atom is -0.460 e. The number of Topliss-reactive ketones (excluding diaryl/α,β-unsaturated/α-hetero) is 3. The Balaban J connectivity index is 0.580. The number of anilines is 1. The molecule has 3 fully saturated rings. The van der Waals surface area contributed by atoms with Crippen molar-refractivity contribution >= 4 is 74.8 Å². The highest BCUT2D eigenvalue weighted by molar-refractivity contribution is 8.14. The SMILES string of the molecule is CO[C@H]1C[C@@H]2CC[C@@H](C)[C@@](O)(O2)C(=O)C(=O)N2CCCC[C@H]2C(=O)OC([C@H](C)C[C@@H]2CC[C@@H](OCCCCc3cn(CCOCCOCCOCCOCCOCCOCCOCCOCCC(=O)NCCCCn4nc(-c5cccc(C(=O)NC6=NCCS6)c5)c5c(N)ncnc54)nn3)[C@H](OC)C2)CC(=O)[C@H](C)/C=C(\C)[C@@H](O)[C@@H](OC)C(=O)[C@H](C)C[C@H](C)/C=C/C=C/C=C/1C. The third kappa shape index (κ3) is 34.7. The third-order valence-electron chi connectivity index (χ3n) is 24.6. The van der Waals surface area contributed by atoms with Crippen LogP contribution in [-0.4, -0.2) is 310 Å². The van der Waals surface area contributed by atoms with Gasteiger partial charge >= 0.3 is 5.97 Å². The predicted molar refractivity (Wildman–Crippen MR) is 493 cm³/mol. The van der Waals surface area contributed by atoms with Crippen molar-refractivity contribution in [1.29, 1.82) is 0 Å². The number of rotatable bonds is 46. The number of cyclic esters (lactones) is 1. The maximum absolute atomic E-state index is 14.8. The number of allylic oxidation sites excluding steroid dienone is 6. The topological polar surface area (TPSA) is 429 Å². The number of thioether (sulfide) groups is 1. The van der Waals surface area contributed by atoms with Crippen LogP contribution in [0.3, 0.4) is 0 Å². The number of esters is 1. The van der Waals surface area contributed by atoms with E-state index in [4.69, 9.17) is 77.1 Å². The van der Waals surface area contributed by atoms with Gasteiger partial charge < -0.3 is 97.8 Å². The zero-order valence-electron chi connectivity index (χ0n) is 78.5. The summed E-state index contributed by atoms with van der Waals surface area (Å²) in [6.45, 7) is 22.1. The number of fused-ring (bicyclic) bond motifs is 4. The lowest BCUT2D eigenvalue weighted by Gasteiger charge is -2.42. The van der Waals surface area contributed by atoms with Crippen molar-refractivity contribution in [3.8, 4) is 11.3 Å². The van der Waals surface area contributed by atoms with Gasteiger partial charge in [0.05, 0.1) is 154 Å². The lowest BCUT2D eigenvalue weighted by molar-refractivity contribution is -0.265. The summed E-state index contributed by atoms with van der Waals surface area (Å²) in [5.74, 6) is -7.40. The number of aliphatic hydroxyl groups excluding tert-OH is 1. The van der Waals surface area contributed by atoms with Crippen LogP contribution in [0.25, 0.3) is 22.3 Å². The molecular weight excluding hydrogens is 1710 g/mol. The smallest absolute Gasteiger partial charge is 0.329 e. The van der Waals surface area contributed by atoms with Crippen LogP contribution in [-0.2, 0) is 115 Å². The number of carbonyl (C=O) groups is 7. The maximum atomic E-state index is 14.8. The van der Waals surface area contributed by atoms with Crippen molar-refractivity contribution in [3.63, 3.8) is 0 Å². The van der Waals surface area contributed by atoms with Crippen LogP contribution in [0.2, 0.25) is 0 Å². The number of amidine groups is 1. The maximum Gasteiger partial charge on any atom is 0.329 e. The molecule has 35 nitrogen and oxygen atoms in total. The van der Waals surface area contributed by atoms with E-state index in [0.29, 0.717) is 234 Å². The number of methoxy groups -OCH3 is 3. The van der Waals surface area contributed by atoms with Crippen LogP contribution in [0.4, 0.5) is 5.82 Å². The molecule has 4 aromatic rings. The predicted octanol–water partition coefficient (Wildman–Crippen LogP) is 9.16. The number of aryl methyl sites for hydroxylation is 2. The van der Waals surface area contributed by atoms with Crippen LogP contribution in [0.5, 0.6) is 0 Å². The zero-order chi connectivity index (χ0) is 93.9. The highest BCUT2D eigenvalue weighted by Gasteiger charge is 2.53. The van der Waals surface area contributed by atoms with E-state index in [-0.39, 0.29) is 85.8 Å². The van der Waals surface area contributed by atoms with E-state index in [0.717, 1.165) is 55.5 Å². The Hall–Kier alpha value is -8.02. The summed E-state index contributed by atoms with van der Waals surface area (Å²) in [6, 6.07) is 6.01. The average Bonchev–Trinajstić information content (AvgIpc) is 1.73. The molecule has 2 bridgehead atoms. The number of nitrogens with two attached hydrogens (primary N) is 1. The molecule has 0 spiro atoms. The molecule has 2 saturated heterocycles. The number of ether oxygens (including phenoxy) is 14. The first-order valence-electron chi connectivity index (χ1n) is 46.8. The second kappa shape index (κ2) is 57.6. The molecule has 7 heterocycles. The van der Waals surface area contributed by atoms with Gasteiger partial charge in [-0.3, -0.25) is 33.8 Å². The third-order valence-corrected chi connectivity index (χ3v) is 25.5. The number of hydrogen-bond donors (Lipinski definition) is 5. The largest absolute Gasteiger partial charge is 0.460 e. The highest BCUT2D eigenvalue weighted by atomic mass is 32.2. The number of carbonyl (C=O) groups excluding carboxylic acids is 7. The number of ketones is 3. The summed E-state index contributed by atoms with van der Waals surface area (Å²) in [6.07, 6.45) is 19.2. The van der Waals surface area contributed by atoms with E-state index in [2.05, 4.69) is 35.9 Å². The molecule has 5 aliphatic rings. The van der Waals surface area contributed by atoms with E-state index < -0.39 is 77.8 Å². The van der Waals surface area contributed by atoms with Crippen molar-refractivity contribution in [2.75, 3.05) is 165 Å². The molecule has 0 radical (unpaired) electrons. The Labute approximate surface area is 775 Å². The zero-order valence-corrected chi connectivity index (χ0v) is 79.3. The molecule has 1 saturated carbocycles. The standard InChI is InChI=1S/C95H144N12O23S/c1-64-21-12-11-13-22-65(2)79(117-8)60-75-29-27-70(7)95(116,130-75)88(112)92(114)106-34-17-14-26-76(106)93(115)129-80(61-77(108)66(3)56-69(6)86(111)87(119-10)85(110)68(5)55-64)67(4)57-71-28-30-78(81(58-71)118-9)128-37-19-15-25-74-62-105(104-102-74)36-39-121-41-43-123-45-47-125-49-51-127-53-52-126-50-48-124-46-44-122-42-40-120-38-31-82(109)97-32-16-18-35-107-90-83(89(96)99-63-100-90)84(103-107)72-23-20-24-73(59-72)91(113)101-94-98-33-54-131-94/h11-13,20-24,56,59,62-64,66-68,70-71,75-76,78-81,86-87,111,116H,14-19,25-55,57-58,60-61H2,1-10H3,(H,97,109)(H2,96,99,100)(H,98,101,113)/b13-11+,21-12+,65-22+,69-56+/t64-,66-,67-,68-,70-,71+,75+,76+,78-,79+,80?,81-,86-,87+,95-/m1/s1. The monoisotopic (exact) mass is 1850 g/mol. The van der Waals surface area contributed by atoms with Crippen LogP contribution in [0.1, 0.15) is 174 Å². The summed E-state index contributed by atoms with van der Waals surface area (Å²) in [7, 11) is 4.65. The molecule has 1 unspecified atom stereocenters. The fourth-order valence-electron chi connectivity index (χ4n) is 16.9. The molecule has 4 aliphatic heterocycles. The molecule has 1 aliphatic carbocycles. The Morgan fingerprint density at radius 1 is 0.733 bits per heavy atom. The Morgan fingerprint density at radius 2 is 1.43 bits per heavy atom. The number of aliphatic hydroxyl groups is 2. The van der Waals surface area contributed by atoms with E-state index in [1.807, 2.05) is 70.3 Å². The fraction of sp³-hybridized carbons (Fsp3) is 0.695. The number of nitrogens with one attached hydrogen (secondary N) is 2. The minimum absolute atomic E-state index is 0.00586. The summed E-state index contributed by atoms with van der Waals surface area (Å²) in [5, 5.41) is 44.4. The van der Waals surface area contributed by atoms with Gasteiger partial charge in [0.2, 0.25) is 11.7 Å². The van der Waals surface area contributed by atoms with Crippen LogP contribution in [0, 0.1) is 35.5 Å². The lowest BCUT2D eigenvalue weighted by atomic mass is 9.78. The molecule has 728 valence electrons. The number of amides is 3. The summed E-state index contributed by atoms with van der Waals surface area (Å²) in [4.78, 5) is 112. The number of nitrogens with zero attached hydrogens (tertiary/aromatic N) is 9. The molecule has 6 N–H and O–H groups in total. The second-order valence-corrected chi connectivity index (χ2v) is 35.8. The van der Waals surface area contributed by atoms with Crippen molar-refractivity contribution < 1.29 is 110 Å². The van der Waals surface area contributed by atoms with Crippen molar-refractivity contribution in [1.82, 2.24) is 50.3 Å². The van der Waals surface area contributed by atoms with Crippen LogP contribution < -0.4 is 16.4 Å². The Bertz CT molecular complexity index is 4350. The molecule has 36 heteroatoms. The number of unbranched alkanes of at least 4 members (excludes halogenated alkanes) is 2. The van der Waals surface area contributed by atoms with Gasteiger partial charge in [0.25, 0.3) is 17.6 Å². The van der Waals surface area contributed by atoms with Gasteiger partial charge in [-0.1, -0.05) is 100 Å². The van der Waals surface area contributed by atoms with E-state index in [1.165, 1.54) is 30.1 Å².